The zero-order valence-electron chi connectivity index (χ0n) is 13.8. The van der Waals surface area contributed by atoms with Gasteiger partial charge in [0.25, 0.3) is 0 Å². The maximum absolute atomic E-state index is 5.40. The molecule has 2 unspecified atom stereocenters. The van der Waals surface area contributed by atoms with Gasteiger partial charge in [0.15, 0.2) is 0 Å². The van der Waals surface area contributed by atoms with Crippen molar-refractivity contribution in [1.29, 1.82) is 0 Å². The van der Waals surface area contributed by atoms with Crippen molar-refractivity contribution in [3.8, 4) is 5.75 Å². The van der Waals surface area contributed by atoms with Crippen LogP contribution in [-0.4, -0.2) is 24.1 Å². The van der Waals surface area contributed by atoms with Crippen molar-refractivity contribution in [3.63, 3.8) is 0 Å². The second kappa shape index (κ2) is 6.37. The van der Waals surface area contributed by atoms with Crippen LogP contribution in [-0.2, 0) is 6.54 Å². The van der Waals surface area contributed by atoms with Crippen molar-refractivity contribution >= 4 is 0 Å². The Hall–Kier alpha value is -1.80. The van der Waals surface area contributed by atoms with E-state index < -0.39 is 0 Å². The first kappa shape index (κ1) is 14.8. The molecule has 0 radical (unpaired) electrons. The minimum atomic E-state index is 0.689. The van der Waals surface area contributed by atoms with Gasteiger partial charge in [0.05, 0.1) is 7.11 Å². The van der Waals surface area contributed by atoms with E-state index in [1.165, 1.54) is 36.8 Å². The lowest BCUT2D eigenvalue weighted by Crippen LogP contribution is -2.41. The van der Waals surface area contributed by atoms with E-state index in [0.717, 1.165) is 24.4 Å². The van der Waals surface area contributed by atoms with Crippen LogP contribution >= 0.6 is 0 Å². The monoisotopic (exact) mass is 307 g/mol. The number of fused-ring (bicyclic) bond motifs is 2. The highest BCUT2D eigenvalue weighted by Gasteiger charge is 2.40. The SMILES string of the molecule is COc1cccc(C2CC3CCC(C2)N3Cc2ccccc2)c1. The quantitative estimate of drug-likeness (QED) is 0.818. The number of benzene rings is 2. The molecule has 2 saturated heterocycles. The van der Waals surface area contributed by atoms with E-state index >= 15 is 0 Å². The molecular weight excluding hydrogens is 282 g/mol. The zero-order chi connectivity index (χ0) is 15.6. The number of hydrogen-bond acceptors (Lipinski definition) is 2. The first-order chi connectivity index (χ1) is 11.3. The molecule has 2 heterocycles. The Balaban J connectivity index is 1.49. The minimum Gasteiger partial charge on any atom is -0.497 e. The number of methoxy groups -OCH3 is 1. The molecule has 0 N–H and O–H groups in total. The predicted octanol–water partition coefficient (Wildman–Crippen LogP) is 4.61. The summed E-state index contributed by atoms with van der Waals surface area (Å²) in [5.41, 5.74) is 2.91. The maximum atomic E-state index is 5.40. The largest absolute Gasteiger partial charge is 0.497 e. The van der Waals surface area contributed by atoms with Crippen LogP contribution < -0.4 is 4.74 Å². The molecule has 0 aliphatic carbocycles. The van der Waals surface area contributed by atoms with Crippen molar-refractivity contribution in [1.82, 2.24) is 4.90 Å². The smallest absolute Gasteiger partial charge is 0.119 e. The molecule has 4 rings (SSSR count). The second-order valence-electron chi connectivity index (χ2n) is 6.99. The number of hydrogen-bond donors (Lipinski definition) is 0. The Bertz CT molecular complexity index is 640. The normalized spacial score (nSPS) is 27.1. The van der Waals surface area contributed by atoms with E-state index in [1.54, 1.807) is 7.11 Å². The van der Waals surface area contributed by atoms with Crippen LogP contribution in [0.3, 0.4) is 0 Å². The first-order valence-electron chi connectivity index (χ1n) is 8.77. The van der Waals surface area contributed by atoms with Gasteiger partial charge in [-0.3, -0.25) is 4.90 Å². The standard InChI is InChI=1S/C21H25NO/c1-23-21-9-5-8-17(14-21)18-12-19-10-11-20(13-18)22(19)15-16-6-3-2-4-7-16/h2-9,14,18-20H,10-13,15H2,1H3. The van der Waals surface area contributed by atoms with Crippen LogP contribution in [0.1, 0.15) is 42.7 Å². The van der Waals surface area contributed by atoms with Crippen LogP contribution in [0, 0.1) is 0 Å². The van der Waals surface area contributed by atoms with E-state index in [4.69, 9.17) is 4.74 Å². The van der Waals surface area contributed by atoms with Crippen molar-refractivity contribution in [2.24, 2.45) is 0 Å². The van der Waals surface area contributed by atoms with Crippen LogP contribution in [0.25, 0.3) is 0 Å². The van der Waals surface area contributed by atoms with Crippen molar-refractivity contribution < 1.29 is 4.74 Å². The van der Waals surface area contributed by atoms with Gasteiger partial charge in [0.2, 0.25) is 0 Å². The fourth-order valence-corrected chi connectivity index (χ4v) is 4.49. The van der Waals surface area contributed by atoms with Crippen LogP contribution in [0.15, 0.2) is 54.6 Å². The summed E-state index contributed by atoms with van der Waals surface area (Å²) in [6.07, 6.45) is 5.29. The van der Waals surface area contributed by atoms with Gasteiger partial charge in [-0.2, -0.15) is 0 Å². The summed E-state index contributed by atoms with van der Waals surface area (Å²) in [7, 11) is 1.76. The molecule has 2 atom stereocenters. The lowest BCUT2D eigenvalue weighted by atomic mass is 9.85. The molecule has 2 bridgehead atoms. The van der Waals surface area contributed by atoms with Crippen LogP contribution in [0.5, 0.6) is 5.75 Å². The van der Waals surface area contributed by atoms with Gasteiger partial charge in [-0.1, -0.05) is 42.5 Å². The number of piperidine rings is 1. The summed E-state index contributed by atoms with van der Waals surface area (Å²) in [6.45, 7) is 1.11. The van der Waals surface area contributed by atoms with Gasteiger partial charge in [0.1, 0.15) is 5.75 Å². The molecule has 2 aromatic carbocycles. The molecule has 0 saturated carbocycles. The Morgan fingerprint density at radius 1 is 0.957 bits per heavy atom. The topological polar surface area (TPSA) is 12.5 Å². The van der Waals surface area contributed by atoms with Gasteiger partial charge < -0.3 is 4.74 Å². The summed E-state index contributed by atoms with van der Waals surface area (Å²) in [4.78, 5) is 2.76. The predicted molar refractivity (Wildman–Crippen MR) is 93.8 cm³/mol. The van der Waals surface area contributed by atoms with Gasteiger partial charge in [-0.05, 0) is 54.9 Å². The fourth-order valence-electron chi connectivity index (χ4n) is 4.49. The van der Waals surface area contributed by atoms with Crippen molar-refractivity contribution in [2.45, 2.75) is 50.2 Å². The highest BCUT2D eigenvalue weighted by molar-refractivity contribution is 5.32. The van der Waals surface area contributed by atoms with Crippen LogP contribution in [0.4, 0.5) is 0 Å². The molecule has 2 nitrogen and oxygen atoms in total. The molecule has 0 amide bonds. The summed E-state index contributed by atoms with van der Waals surface area (Å²) in [5, 5.41) is 0. The molecular formula is C21H25NO. The van der Waals surface area contributed by atoms with E-state index in [-0.39, 0.29) is 0 Å². The van der Waals surface area contributed by atoms with Crippen molar-refractivity contribution in [2.75, 3.05) is 7.11 Å². The summed E-state index contributed by atoms with van der Waals surface area (Å²) in [6, 6.07) is 21.1. The fraction of sp³-hybridized carbons (Fsp3) is 0.429. The lowest BCUT2D eigenvalue weighted by molar-refractivity contribution is 0.118. The third kappa shape index (κ3) is 3.00. The molecule has 0 aromatic heterocycles. The molecule has 2 aromatic rings. The van der Waals surface area contributed by atoms with Gasteiger partial charge in [-0.25, -0.2) is 0 Å². The average Bonchev–Trinajstić information content (AvgIpc) is 2.84. The molecule has 0 spiro atoms. The van der Waals surface area contributed by atoms with Crippen LogP contribution in [0.2, 0.25) is 0 Å². The van der Waals surface area contributed by atoms with E-state index in [9.17, 15) is 0 Å². The first-order valence-corrected chi connectivity index (χ1v) is 8.77. The highest BCUT2D eigenvalue weighted by Crippen LogP contribution is 2.44. The van der Waals surface area contributed by atoms with Gasteiger partial charge in [0, 0.05) is 18.6 Å². The Morgan fingerprint density at radius 2 is 1.70 bits per heavy atom. The number of ether oxygens (including phenoxy) is 1. The number of rotatable bonds is 4. The zero-order valence-corrected chi connectivity index (χ0v) is 13.8. The third-order valence-electron chi connectivity index (χ3n) is 5.66. The lowest BCUT2D eigenvalue weighted by Gasteiger charge is -2.39. The van der Waals surface area contributed by atoms with Crippen molar-refractivity contribution in [3.05, 3.63) is 65.7 Å². The molecule has 2 heteroatoms. The summed E-state index contributed by atoms with van der Waals surface area (Å²) < 4.78 is 5.40. The van der Waals surface area contributed by atoms with Gasteiger partial charge in [-0.15, -0.1) is 0 Å². The molecule has 120 valence electrons. The van der Waals surface area contributed by atoms with E-state index in [1.807, 2.05) is 6.07 Å². The Labute approximate surface area is 139 Å². The van der Waals surface area contributed by atoms with E-state index in [2.05, 4.69) is 53.4 Å². The average molecular weight is 307 g/mol. The second-order valence-corrected chi connectivity index (χ2v) is 6.99. The van der Waals surface area contributed by atoms with E-state index in [0.29, 0.717) is 5.92 Å². The third-order valence-corrected chi connectivity index (χ3v) is 5.66. The Kier molecular flexibility index (Phi) is 4.09. The molecule has 2 aliphatic heterocycles. The van der Waals surface area contributed by atoms with Gasteiger partial charge >= 0.3 is 0 Å². The minimum absolute atomic E-state index is 0.689. The summed E-state index contributed by atoms with van der Waals surface area (Å²) >= 11 is 0. The summed E-state index contributed by atoms with van der Waals surface area (Å²) in [5.74, 6) is 1.68. The molecule has 23 heavy (non-hydrogen) atoms. The highest BCUT2D eigenvalue weighted by atomic mass is 16.5. The number of nitrogens with zero attached hydrogens (tertiary/aromatic N) is 1. The maximum Gasteiger partial charge on any atom is 0.119 e. The molecule has 2 aliphatic rings. The molecule has 2 fully saturated rings. The Morgan fingerprint density at radius 3 is 2.39 bits per heavy atom.